The van der Waals surface area contributed by atoms with E-state index < -0.39 is 5.97 Å². The molecule has 21 heavy (non-hydrogen) atoms. The van der Waals surface area contributed by atoms with Crippen molar-refractivity contribution in [3.05, 3.63) is 53.6 Å². The summed E-state index contributed by atoms with van der Waals surface area (Å²) < 4.78 is 5.08. The topological polar surface area (TPSA) is 46.5 Å². The van der Waals surface area contributed by atoms with E-state index in [9.17, 15) is 9.90 Å². The molecule has 0 amide bonds. The van der Waals surface area contributed by atoms with Crippen LogP contribution in [-0.4, -0.2) is 18.2 Å². The maximum Gasteiger partial charge on any atom is 0.339 e. The van der Waals surface area contributed by atoms with E-state index in [1.165, 1.54) is 12.7 Å². The van der Waals surface area contributed by atoms with Gasteiger partial charge in [-0.2, -0.15) is 0 Å². The van der Waals surface area contributed by atoms with E-state index >= 15 is 0 Å². The van der Waals surface area contributed by atoms with Gasteiger partial charge in [-0.1, -0.05) is 44.2 Å². The molecular weight excluding hydrogens is 264 g/mol. The molecule has 0 aliphatic rings. The van der Waals surface area contributed by atoms with E-state index in [1.54, 1.807) is 12.1 Å². The van der Waals surface area contributed by atoms with Gasteiger partial charge in [0.2, 0.25) is 0 Å². The molecule has 0 bridgehead atoms. The Labute approximate surface area is 125 Å². The van der Waals surface area contributed by atoms with Crippen LogP contribution in [0, 0.1) is 5.92 Å². The summed E-state index contributed by atoms with van der Waals surface area (Å²) in [4.78, 5) is 11.3. The summed E-state index contributed by atoms with van der Waals surface area (Å²) in [5.41, 5.74) is 3.36. The van der Waals surface area contributed by atoms with Crippen LogP contribution in [0.5, 0.6) is 5.75 Å². The monoisotopic (exact) mass is 284 g/mol. The Morgan fingerprint density at radius 3 is 2.24 bits per heavy atom. The zero-order valence-corrected chi connectivity index (χ0v) is 12.6. The van der Waals surface area contributed by atoms with E-state index in [2.05, 4.69) is 26.0 Å². The molecule has 0 saturated heterocycles. The molecule has 2 aromatic carbocycles. The highest BCUT2D eigenvalue weighted by Crippen LogP contribution is 2.27. The molecule has 0 heterocycles. The Hall–Kier alpha value is -2.29. The van der Waals surface area contributed by atoms with Crippen molar-refractivity contribution in [3.63, 3.8) is 0 Å². The van der Waals surface area contributed by atoms with Crippen LogP contribution < -0.4 is 4.74 Å². The van der Waals surface area contributed by atoms with Crippen molar-refractivity contribution in [3.8, 4) is 16.9 Å². The van der Waals surface area contributed by atoms with Crippen molar-refractivity contribution in [2.75, 3.05) is 7.11 Å². The van der Waals surface area contributed by atoms with Crippen LogP contribution in [0.15, 0.2) is 42.5 Å². The summed E-state index contributed by atoms with van der Waals surface area (Å²) in [6.07, 6.45) is 1.04. The molecule has 3 nitrogen and oxygen atoms in total. The minimum atomic E-state index is -0.981. The van der Waals surface area contributed by atoms with Gasteiger partial charge >= 0.3 is 5.97 Å². The molecule has 0 aromatic heterocycles. The van der Waals surface area contributed by atoms with E-state index in [-0.39, 0.29) is 5.56 Å². The molecule has 1 N–H and O–H groups in total. The van der Waals surface area contributed by atoms with Gasteiger partial charge in [0, 0.05) is 0 Å². The predicted octanol–water partition coefficient (Wildman–Crippen LogP) is 4.26. The van der Waals surface area contributed by atoms with Crippen molar-refractivity contribution in [1.82, 2.24) is 0 Å². The third-order valence-corrected chi connectivity index (χ3v) is 3.36. The van der Waals surface area contributed by atoms with Crippen LogP contribution in [0.4, 0.5) is 0 Å². The molecular formula is C18H20O3. The second-order valence-corrected chi connectivity index (χ2v) is 5.52. The Bertz CT molecular complexity index is 627. The Morgan fingerprint density at radius 2 is 1.71 bits per heavy atom. The number of carboxylic acids is 1. The summed E-state index contributed by atoms with van der Waals surface area (Å²) in [6, 6.07) is 13.5. The molecule has 0 radical (unpaired) electrons. The maximum atomic E-state index is 11.3. The molecule has 0 saturated carbocycles. The van der Waals surface area contributed by atoms with Crippen LogP contribution in [-0.2, 0) is 6.42 Å². The van der Waals surface area contributed by atoms with Crippen molar-refractivity contribution in [1.29, 1.82) is 0 Å². The highest BCUT2D eigenvalue weighted by molar-refractivity contribution is 5.92. The van der Waals surface area contributed by atoms with Gasteiger partial charge in [0.25, 0.3) is 0 Å². The van der Waals surface area contributed by atoms with Crippen molar-refractivity contribution >= 4 is 5.97 Å². The average molecular weight is 284 g/mol. The van der Waals surface area contributed by atoms with Gasteiger partial charge < -0.3 is 9.84 Å². The Balaban J connectivity index is 2.33. The maximum absolute atomic E-state index is 11.3. The fourth-order valence-electron chi connectivity index (χ4n) is 2.36. The van der Waals surface area contributed by atoms with Gasteiger partial charge in [0.1, 0.15) is 11.3 Å². The SMILES string of the molecule is COc1ccc(-c2ccc(CC(C)C)cc2)cc1C(=O)O. The van der Waals surface area contributed by atoms with E-state index in [1.807, 2.05) is 18.2 Å². The third kappa shape index (κ3) is 3.63. The lowest BCUT2D eigenvalue weighted by atomic mass is 9.98. The molecule has 0 aliphatic heterocycles. The first kappa shape index (κ1) is 15.1. The van der Waals surface area contributed by atoms with E-state index in [0.29, 0.717) is 11.7 Å². The number of carbonyl (C=O) groups is 1. The quantitative estimate of drug-likeness (QED) is 0.892. The Morgan fingerprint density at radius 1 is 1.10 bits per heavy atom. The van der Waals surface area contributed by atoms with Crippen LogP contribution in [0.2, 0.25) is 0 Å². The minimum absolute atomic E-state index is 0.182. The summed E-state index contributed by atoms with van der Waals surface area (Å²) in [5.74, 6) is 0.0169. The predicted molar refractivity (Wildman–Crippen MR) is 83.9 cm³/mol. The number of benzene rings is 2. The smallest absolute Gasteiger partial charge is 0.339 e. The standard InChI is InChI=1S/C18H20O3/c1-12(2)10-13-4-6-14(7-5-13)15-8-9-17(21-3)16(11-15)18(19)20/h4-9,11-12H,10H2,1-3H3,(H,19,20). The van der Waals surface area contributed by atoms with Crippen molar-refractivity contribution < 1.29 is 14.6 Å². The van der Waals surface area contributed by atoms with Crippen molar-refractivity contribution in [2.24, 2.45) is 5.92 Å². The van der Waals surface area contributed by atoms with Crippen LogP contribution >= 0.6 is 0 Å². The fourth-order valence-corrected chi connectivity index (χ4v) is 2.36. The normalized spacial score (nSPS) is 10.7. The highest BCUT2D eigenvalue weighted by atomic mass is 16.5. The lowest BCUT2D eigenvalue weighted by molar-refractivity contribution is 0.0693. The largest absolute Gasteiger partial charge is 0.496 e. The number of aromatic carboxylic acids is 1. The van der Waals surface area contributed by atoms with Crippen LogP contribution in [0.25, 0.3) is 11.1 Å². The first-order valence-electron chi connectivity index (χ1n) is 7.02. The van der Waals surface area contributed by atoms with Crippen LogP contribution in [0.3, 0.4) is 0 Å². The molecule has 3 heteroatoms. The summed E-state index contributed by atoms with van der Waals surface area (Å²) in [6.45, 7) is 4.38. The van der Waals surface area contributed by atoms with Gasteiger partial charge in [0.15, 0.2) is 0 Å². The van der Waals surface area contributed by atoms with Gasteiger partial charge in [-0.05, 0) is 41.2 Å². The second-order valence-electron chi connectivity index (χ2n) is 5.52. The number of hydrogen-bond donors (Lipinski definition) is 1. The second kappa shape index (κ2) is 6.44. The summed E-state index contributed by atoms with van der Waals surface area (Å²) >= 11 is 0. The molecule has 0 fully saturated rings. The number of hydrogen-bond acceptors (Lipinski definition) is 2. The van der Waals surface area contributed by atoms with Crippen molar-refractivity contribution in [2.45, 2.75) is 20.3 Å². The lowest BCUT2D eigenvalue weighted by Crippen LogP contribution is -2.00. The number of carboxylic acid groups (broad SMARTS) is 1. The molecule has 2 rings (SSSR count). The molecule has 0 atom stereocenters. The fraction of sp³-hybridized carbons (Fsp3) is 0.278. The average Bonchev–Trinajstić information content (AvgIpc) is 2.46. The highest BCUT2D eigenvalue weighted by Gasteiger charge is 2.12. The molecule has 2 aromatic rings. The lowest BCUT2D eigenvalue weighted by Gasteiger charge is -2.09. The summed E-state index contributed by atoms with van der Waals surface area (Å²) in [7, 11) is 1.47. The Kier molecular flexibility index (Phi) is 4.63. The molecule has 0 spiro atoms. The molecule has 110 valence electrons. The zero-order chi connectivity index (χ0) is 15.4. The van der Waals surface area contributed by atoms with E-state index in [4.69, 9.17) is 4.74 Å². The first-order chi connectivity index (χ1) is 10.0. The number of ether oxygens (including phenoxy) is 1. The van der Waals surface area contributed by atoms with Gasteiger partial charge in [-0.25, -0.2) is 4.79 Å². The minimum Gasteiger partial charge on any atom is -0.496 e. The third-order valence-electron chi connectivity index (χ3n) is 3.36. The van der Waals surface area contributed by atoms with Gasteiger partial charge in [-0.3, -0.25) is 0 Å². The first-order valence-corrected chi connectivity index (χ1v) is 7.02. The molecule has 0 aliphatic carbocycles. The zero-order valence-electron chi connectivity index (χ0n) is 12.6. The van der Waals surface area contributed by atoms with Crippen LogP contribution in [0.1, 0.15) is 29.8 Å². The van der Waals surface area contributed by atoms with E-state index in [0.717, 1.165) is 17.5 Å². The van der Waals surface area contributed by atoms with Gasteiger partial charge in [-0.15, -0.1) is 0 Å². The number of rotatable bonds is 5. The molecule has 0 unspecified atom stereocenters. The van der Waals surface area contributed by atoms with Gasteiger partial charge in [0.05, 0.1) is 7.11 Å². The number of methoxy groups -OCH3 is 1. The summed E-state index contributed by atoms with van der Waals surface area (Å²) in [5, 5.41) is 9.23.